The zero-order valence-electron chi connectivity index (χ0n) is 21.0. The second-order valence-corrected chi connectivity index (χ2v) is 9.96. The molecule has 1 saturated heterocycles. The molecule has 11 heteroatoms. The zero-order chi connectivity index (χ0) is 27.2. The number of hydrogen-bond acceptors (Lipinski definition) is 5. The molecule has 1 aromatic heterocycles. The lowest BCUT2D eigenvalue weighted by Gasteiger charge is -2.30. The van der Waals surface area contributed by atoms with E-state index in [-0.39, 0.29) is 31.5 Å². The van der Waals surface area contributed by atoms with E-state index in [1.54, 1.807) is 47.8 Å². The van der Waals surface area contributed by atoms with Gasteiger partial charge in [-0.05, 0) is 55.3 Å². The van der Waals surface area contributed by atoms with Crippen LogP contribution in [0, 0.1) is 23.5 Å². The first-order valence-corrected chi connectivity index (χ1v) is 13.0. The maximum atomic E-state index is 14.1. The van der Waals surface area contributed by atoms with E-state index in [1.807, 2.05) is 0 Å². The van der Waals surface area contributed by atoms with Crippen LogP contribution in [0.5, 0.6) is 0 Å². The molecule has 3 N–H and O–H groups in total. The Hall–Kier alpha value is -4.09. The number of carbonyl (C=O) groups is 2. The van der Waals surface area contributed by atoms with Crippen LogP contribution in [0.15, 0.2) is 47.6 Å². The van der Waals surface area contributed by atoms with E-state index in [0.29, 0.717) is 42.0 Å². The lowest BCUT2D eigenvalue weighted by molar-refractivity contribution is -0.126. The van der Waals surface area contributed by atoms with Crippen molar-refractivity contribution in [2.45, 2.75) is 25.7 Å². The molecular formula is C27H27F2N6O2P. The molecular weight excluding hydrogens is 509 g/mol. The molecule has 2 heterocycles. The number of hydrogen-bond donors (Lipinski definition) is 2. The summed E-state index contributed by atoms with van der Waals surface area (Å²) in [5.41, 5.74) is 10.6. The first-order chi connectivity index (χ1) is 18.4. The van der Waals surface area contributed by atoms with Gasteiger partial charge < -0.3 is 16.1 Å². The summed E-state index contributed by atoms with van der Waals surface area (Å²) in [6.07, 6.45) is 2.18. The number of amidine groups is 1. The molecule has 1 amide bonds. The number of halogens is 2. The standard InChI is InChI=1S/C27H27F2N6O2P/c1-3-6-23(37)34-14-5-7-17(15-34)24-20(16-36)25(27(30)32-31-2)35(33-24)18-10-12-19(13-11-18)38-26-21(28)8-4-9-22(26)29/h4,8-13,16-17,31,38H,5,7,14-15H2,1-2H3,(H2,30,32)/t17-/m0/s1. The maximum Gasteiger partial charge on any atom is 0.298 e. The third-order valence-electron chi connectivity index (χ3n) is 6.21. The van der Waals surface area contributed by atoms with Crippen LogP contribution in [-0.2, 0) is 4.79 Å². The minimum atomic E-state index is -0.594. The second-order valence-electron chi connectivity index (χ2n) is 8.63. The highest BCUT2D eigenvalue weighted by Gasteiger charge is 2.31. The number of hydrazone groups is 1. The van der Waals surface area contributed by atoms with Crippen LogP contribution >= 0.6 is 8.58 Å². The molecule has 3 aromatic rings. The maximum absolute atomic E-state index is 14.1. The molecule has 1 aliphatic rings. The van der Waals surface area contributed by atoms with Crippen molar-refractivity contribution in [2.75, 3.05) is 20.1 Å². The van der Waals surface area contributed by atoms with Crippen molar-refractivity contribution in [3.05, 3.63) is 71.1 Å². The topological polar surface area (TPSA) is 106 Å². The minimum Gasteiger partial charge on any atom is -0.380 e. The summed E-state index contributed by atoms with van der Waals surface area (Å²) in [4.78, 5) is 26.4. The number of aromatic nitrogens is 2. The molecule has 0 bridgehead atoms. The van der Waals surface area contributed by atoms with Crippen molar-refractivity contribution < 1.29 is 18.4 Å². The summed E-state index contributed by atoms with van der Waals surface area (Å²) >= 11 is 0. The molecule has 2 atom stereocenters. The molecule has 0 aliphatic carbocycles. The Kier molecular flexibility index (Phi) is 8.49. The lowest BCUT2D eigenvalue weighted by Crippen LogP contribution is -2.38. The van der Waals surface area contributed by atoms with E-state index < -0.39 is 11.6 Å². The van der Waals surface area contributed by atoms with Crippen LogP contribution in [0.3, 0.4) is 0 Å². The summed E-state index contributed by atoms with van der Waals surface area (Å²) in [5.74, 6) is 3.62. The van der Waals surface area contributed by atoms with E-state index in [9.17, 15) is 18.4 Å². The van der Waals surface area contributed by atoms with Crippen molar-refractivity contribution in [2.24, 2.45) is 10.8 Å². The van der Waals surface area contributed by atoms with Crippen molar-refractivity contribution in [3.8, 4) is 17.5 Å². The van der Waals surface area contributed by atoms with E-state index >= 15 is 0 Å². The minimum absolute atomic E-state index is 0.0140. The number of aldehydes is 1. The number of benzene rings is 2. The SMILES string of the molecule is CC#CC(=O)N1CCC[C@H](c2nn(-c3ccc(Pc4c(F)cccc4F)cc3)c(/C(N)=N\NC)c2C=O)C1. The Labute approximate surface area is 221 Å². The van der Waals surface area contributed by atoms with Crippen molar-refractivity contribution in [1.82, 2.24) is 20.1 Å². The molecule has 1 fully saturated rings. The fraction of sp³-hybridized carbons (Fsp3) is 0.259. The molecule has 1 unspecified atom stereocenters. The number of carbonyl (C=O) groups excluding carboxylic acids is 2. The lowest BCUT2D eigenvalue weighted by atomic mass is 9.92. The predicted molar refractivity (Wildman–Crippen MR) is 145 cm³/mol. The molecule has 0 saturated carbocycles. The fourth-order valence-corrected chi connectivity index (χ4v) is 5.52. The Bertz CT molecular complexity index is 1420. The number of likely N-dealkylation sites (tertiary alicyclic amines) is 1. The van der Waals surface area contributed by atoms with Gasteiger partial charge in [0.2, 0.25) is 0 Å². The van der Waals surface area contributed by atoms with E-state index in [1.165, 1.54) is 18.2 Å². The summed E-state index contributed by atoms with van der Waals surface area (Å²) in [6, 6.07) is 10.8. The normalized spacial score (nSPS) is 15.8. The summed E-state index contributed by atoms with van der Waals surface area (Å²) in [6.45, 7) is 2.57. The molecule has 196 valence electrons. The van der Waals surface area contributed by atoms with Gasteiger partial charge in [-0.25, -0.2) is 13.5 Å². The number of piperidine rings is 1. The number of rotatable bonds is 7. The van der Waals surface area contributed by atoms with Gasteiger partial charge in [0.05, 0.1) is 16.9 Å². The fourth-order valence-electron chi connectivity index (χ4n) is 4.49. The van der Waals surface area contributed by atoms with Crippen LogP contribution in [0.1, 0.15) is 47.4 Å². The van der Waals surface area contributed by atoms with Gasteiger partial charge in [-0.15, -0.1) is 0 Å². The van der Waals surface area contributed by atoms with Crippen LogP contribution in [-0.4, -0.2) is 52.8 Å². The Morgan fingerprint density at radius 3 is 2.58 bits per heavy atom. The zero-order valence-corrected chi connectivity index (χ0v) is 22.0. The van der Waals surface area contributed by atoms with Gasteiger partial charge in [0.1, 0.15) is 17.3 Å². The van der Waals surface area contributed by atoms with Crippen LogP contribution in [0.25, 0.3) is 5.69 Å². The highest BCUT2D eigenvalue weighted by molar-refractivity contribution is 7.55. The quantitative estimate of drug-likeness (QED) is 0.120. The Balaban J connectivity index is 1.73. The van der Waals surface area contributed by atoms with Gasteiger partial charge >= 0.3 is 0 Å². The Morgan fingerprint density at radius 1 is 1.24 bits per heavy atom. The van der Waals surface area contributed by atoms with E-state index in [2.05, 4.69) is 22.4 Å². The van der Waals surface area contributed by atoms with Gasteiger partial charge in [-0.3, -0.25) is 9.59 Å². The molecule has 4 rings (SSSR count). The van der Waals surface area contributed by atoms with Crippen LogP contribution in [0.2, 0.25) is 0 Å². The average Bonchev–Trinajstić information content (AvgIpc) is 3.31. The molecule has 0 radical (unpaired) electrons. The molecule has 1 aliphatic heterocycles. The van der Waals surface area contributed by atoms with Crippen molar-refractivity contribution in [3.63, 3.8) is 0 Å². The third-order valence-corrected chi connectivity index (χ3v) is 7.56. The highest BCUT2D eigenvalue weighted by Crippen LogP contribution is 2.31. The second kappa shape index (κ2) is 12.0. The monoisotopic (exact) mass is 536 g/mol. The number of nitrogens with two attached hydrogens (primary N) is 1. The van der Waals surface area contributed by atoms with Gasteiger partial charge in [0, 0.05) is 31.4 Å². The third kappa shape index (κ3) is 5.58. The van der Waals surface area contributed by atoms with Crippen LogP contribution in [0.4, 0.5) is 8.78 Å². The number of nitrogens with zero attached hydrogens (tertiary/aromatic N) is 4. The predicted octanol–water partition coefficient (Wildman–Crippen LogP) is 2.16. The summed E-state index contributed by atoms with van der Waals surface area (Å²) < 4.78 is 29.8. The first-order valence-electron chi connectivity index (χ1n) is 12.0. The number of amides is 1. The highest BCUT2D eigenvalue weighted by atomic mass is 31.1. The first kappa shape index (κ1) is 27.0. The largest absolute Gasteiger partial charge is 0.380 e. The van der Waals surface area contributed by atoms with Gasteiger partial charge in [0.25, 0.3) is 5.91 Å². The van der Waals surface area contributed by atoms with Crippen molar-refractivity contribution in [1.29, 1.82) is 0 Å². The smallest absolute Gasteiger partial charge is 0.298 e. The van der Waals surface area contributed by atoms with E-state index in [0.717, 1.165) is 18.1 Å². The van der Waals surface area contributed by atoms with Crippen LogP contribution < -0.4 is 21.8 Å². The van der Waals surface area contributed by atoms with Gasteiger partial charge in [0.15, 0.2) is 12.1 Å². The average molecular weight is 537 g/mol. The summed E-state index contributed by atoms with van der Waals surface area (Å²) in [7, 11) is 1.37. The van der Waals surface area contributed by atoms with Gasteiger partial charge in [-0.1, -0.05) is 32.7 Å². The molecule has 2 aromatic carbocycles. The summed E-state index contributed by atoms with van der Waals surface area (Å²) in [5, 5.41) is 9.57. The van der Waals surface area contributed by atoms with Gasteiger partial charge in [-0.2, -0.15) is 10.2 Å². The van der Waals surface area contributed by atoms with Crippen molar-refractivity contribution >= 4 is 37.2 Å². The molecule has 0 spiro atoms. The van der Waals surface area contributed by atoms with E-state index in [4.69, 9.17) is 10.8 Å². The molecule has 8 nitrogen and oxygen atoms in total. The molecule has 38 heavy (non-hydrogen) atoms. The number of nitrogens with one attached hydrogen (secondary N) is 1. The Morgan fingerprint density at radius 2 is 1.95 bits per heavy atom.